The van der Waals surface area contributed by atoms with Gasteiger partial charge in [0.15, 0.2) is 5.84 Å². The Morgan fingerprint density at radius 1 is 1.47 bits per heavy atom. The zero-order chi connectivity index (χ0) is 13.8. The minimum Gasteiger partial charge on any atom is -0.490 e. The molecule has 3 N–H and O–H groups in total. The van der Waals surface area contributed by atoms with Crippen molar-refractivity contribution in [2.45, 2.75) is 18.9 Å². The second kappa shape index (κ2) is 5.88. The monoisotopic (exact) mass is 267 g/mol. The molecule has 0 spiro atoms. The van der Waals surface area contributed by atoms with Crippen molar-refractivity contribution in [1.82, 2.24) is 4.90 Å². The van der Waals surface area contributed by atoms with Crippen molar-refractivity contribution < 1.29 is 14.3 Å². The highest BCUT2D eigenvalue weighted by molar-refractivity contribution is 5.99. The Morgan fingerprint density at radius 3 is 2.79 bits per heavy atom. The average molecular weight is 267 g/mol. The van der Waals surface area contributed by atoms with E-state index in [9.17, 15) is 4.39 Å². The van der Waals surface area contributed by atoms with E-state index in [0.29, 0.717) is 5.75 Å². The number of halogens is 1. The van der Waals surface area contributed by atoms with Crippen LogP contribution in [0.4, 0.5) is 4.39 Å². The van der Waals surface area contributed by atoms with Crippen LogP contribution < -0.4 is 10.5 Å². The first-order valence-corrected chi connectivity index (χ1v) is 6.23. The SMILES string of the molecule is CN1CCC(Oc2ccc(F)cc2C(N)=NO)CC1. The first-order valence-electron chi connectivity index (χ1n) is 6.23. The summed E-state index contributed by atoms with van der Waals surface area (Å²) >= 11 is 0. The fourth-order valence-electron chi connectivity index (χ4n) is 2.14. The maximum atomic E-state index is 13.2. The van der Waals surface area contributed by atoms with E-state index < -0.39 is 5.82 Å². The van der Waals surface area contributed by atoms with Crippen LogP contribution in [0.5, 0.6) is 5.75 Å². The summed E-state index contributed by atoms with van der Waals surface area (Å²) in [5, 5.41) is 11.6. The number of benzene rings is 1. The Hall–Kier alpha value is -1.82. The van der Waals surface area contributed by atoms with Crippen LogP contribution in [-0.2, 0) is 0 Å². The van der Waals surface area contributed by atoms with Crippen molar-refractivity contribution in [3.8, 4) is 5.75 Å². The van der Waals surface area contributed by atoms with E-state index in [2.05, 4.69) is 17.1 Å². The fraction of sp³-hybridized carbons (Fsp3) is 0.462. The van der Waals surface area contributed by atoms with E-state index in [1.807, 2.05) is 0 Å². The van der Waals surface area contributed by atoms with Gasteiger partial charge in [0, 0.05) is 13.1 Å². The van der Waals surface area contributed by atoms with E-state index in [1.165, 1.54) is 18.2 Å². The molecule has 0 bridgehead atoms. The summed E-state index contributed by atoms with van der Waals surface area (Å²) in [6.07, 6.45) is 1.89. The maximum absolute atomic E-state index is 13.2. The summed E-state index contributed by atoms with van der Waals surface area (Å²) in [5.74, 6) is -0.147. The van der Waals surface area contributed by atoms with Crippen LogP contribution in [0.1, 0.15) is 18.4 Å². The molecular weight excluding hydrogens is 249 g/mol. The molecule has 5 nitrogen and oxygen atoms in total. The molecule has 1 aliphatic rings. The molecular formula is C13H18FN3O2. The number of nitrogens with two attached hydrogens (primary N) is 1. The first kappa shape index (κ1) is 13.6. The number of hydrogen-bond acceptors (Lipinski definition) is 4. The van der Waals surface area contributed by atoms with Gasteiger partial charge in [-0.3, -0.25) is 0 Å². The number of amidine groups is 1. The molecule has 1 saturated heterocycles. The molecule has 1 heterocycles. The minimum absolute atomic E-state index is 0.0758. The van der Waals surface area contributed by atoms with Crippen LogP contribution in [0, 0.1) is 5.82 Å². The van der Waals surface area contributed by atoms with Crippen molar-refractivity contribution in [2.24, 2.45) is 10.9 Å². The number of hydrogen-bond donors (Lipinski definition) is 2. The normalized spacial score (nSPS) is 18.5. The van der Waals surface area contributed by atoms with Gasteiger partial charge in [-0.1, -0.05) is 5.16 Å². The van der Waals surface area contributed by atoms with Crippen molar-refractivity contribution >= 4 is 5.84 Å². The van der Waals surface area contributed by atoms with Crippen LogP contribution in [-0.4, -0.2) is 42.2 Å². The van der Waals surface area contributed by atoms with Crippen LogP contribution in [0.25, 0.3) is 0 Å². The molecule has 1 fully saturated rings. The lowest BCUT2D eigenvalue weighted by molar-refractivity contribution is 0.114. The summed E-state index contributed by atoms with van der Waals surface area (Å²) in [4.78, 5) is 2.23. The molecule has 1 aromatic rings. The topological polar surface area (TPSA) is 71.1 Å². The third kappa shape index (κ3) is 3.35. The van der Waals surface area contributed by atoms with Gasteiger partial charge in [-0.05, 0) is 38.1 Å². The molecule has 1 aliphatic heterocycles. The smallest absolute Gasteiger partial charge is 0.173 e. The van der Waals surface area contributed by atoms with Crippen LogP contribution in [0.15, 0.2) is 23.4 Å². The van der Waals surface area contributed by atoms with Gasteiger partial charge >= 0.3 is 0 Å². The van der Waals surface area contributed by atoms with Crippen LogP contribution >= 0.6 is 0 Å². The Balaban J connectivity index is 2.15. The lowest BCUT2D eigenvalue weighted by atomic mass is 10.1. The number of ether oxygens (including phenoxy) is 1. The second-order valence-electron chi connectivity index (χ2n) is 4.75. The van der Waals surface area contributed by atoms with E-state index >= 15 is 0 Å². The number of oxime groups is 1. The molecule has 1 aromatic carbocycles. The summed E-state index contributed by atoms with van der Waals surface area (Å²) in [5.41, 5.74) is 5.82. The standard InChI is InChI=1S/C13H18FN3O2/c1-17-6-4-10(5-7-17)19-12-3-2-9(14)8-11(12)13(15)16-18/h2-3,8,10,18H,4-7H2,1H3,(H2,15,16). The third-order valence-electron chi connectivity index (χ3n) is 3.28. The maximum Gasteiger partial charge on any atom is 0.173 e. The highest BCUT2D eigenvalue weighted by Crippen LogP contribution is 2.23. The molecule has 104 valence electrons. The predicted octanol–water partition coefficient (Wildman–Crippen LogP) is 1.39. The van der Waals surface area contributed by atoms with Crippen LogP contribution in [0.2, 0.25) is 0 Å². The summed E-state index contributed by atoms with van der Waals surface area (Å²) < 4.78 is 19.1. The van der Waals surface area contributed by atoms with Gasteiger partial charge in [0.25, 0.3) is 0 Å². The quantitative estimate of drug-likeness (QED) is 0.376. The number of rotatable bonds is 3. The van der Waals surface area contributed by atoms with Crippen molar-refractivity contribution in [2.75, 3.05) is 20.1 Å². The lowest BCUT2D eigenvalue weighted by Gasteiger charge is -2.29. The molecule has 0 radical (unpaired) electrons. The zero-order valence-corrected chi connectivity index (χ0v) is 10.8. The largest absolute Gasteiger partial charge is 0.490 e. The van der Waals surface area contributed by atoms with E-state index in [-0.39, 0.29) is 17.5 Å². The van der Waals surface area contributed by atoms with E-state index in [1.54, 1.807) is 0 Å². The van der Waals surface area contributed by atoms with Crippen molar-refractivity contribution in [3.63, 3.8) is 0 Å². The molecule has 0 unspecified atom stereocenters. The second-order valence-corrected chi connectivity index (χ2v) is 4.75. The molecule has 19 heavy (non-hydrogen) atoms. The van der Waals surface area contributed by atoms with Gasteiger partial charge in [-0.2, -0.15) is 0 Å². The van der Waals surface area contributed by atoms with E-state index in [4.69, 9.17) is 15.7 Å². The molecule has 0 aromatic heterocycles. The van der Waals surface area contributed by atoms with Gasteiger partial charge < -0.3 is 20.6 Å². The Bertz CT molecular complexity index is 471. The van der Waals surface area contributed by atoms with Gasteiger partial charge in [0.05, 0.1) is 5.56 Å². The van der Waals surface area contributed by atoms with Gasteiger partial charge in [0.1, 0.15) is 17.7 Å². The Labute approximate surface area is 111 Å². The third-order valence-corrected chi connectivity index (χ3v) is 3.28. The minimum atomic E-state index is -0.447. The summed E-state index contributed by atoms with van der Waals surface area (Å²) in [6.45, 7) is 1.93. The highest BCUT2D eigenvalue weighted by atomic mass is 19.1. The van der Waals surface area contributed by atoms with Crippen molar-refractivity contribution in [1.29, 1.82) is 0 Å². The lowest BCUT2D eigenvalue weighted by Crippen LogP contribution is -2.36. The Morgan fingerprint density at radius 2 is 2.16 bits per heavy atom. The fourth-order valence-corrected chi connectivity index (χ4v) is 2.14. The highest BCUT2D eigenvalue weighted by Gasteiger charge is 2.20. The zero-order valence-electron chi connectivity index (χ0n) is 10.8. The number of nitrogens with zero attached hydrogens (tertiary/aromatic N) is 2. The van der Waals surface area contributed by atoms with Gasteiger partial charge in [-0.25, -0.2) is 4.39 Å². The molecule has 0 amide bonds. The molecule has 0 aliphatic carbocycles. The molecule has 0 saturated carbocycles. The first-order chi connectivity index (χ1) is 9.10. The molecule has 6 heteroatoms. The molecule has 2 rings (SSSR count). The average Bonchev–Trinajstić information content (AvgIpc) is 2.42. The molecule has 0 atom stereocenters. The van der Waals surface area contributed by atoms with Crippen LogP contribution in [0.3, 0.4) is 0 Å². The predicted molar refractivity (Wildman–Crippen MR) is 70.1 cm³/mol. The number of piperidine rings is 1. The van der Waals surface area contributed by atoms with Crippen molar-refractivity contribution in [3.05, 3.63) is 29.6 Å². The van der Waals surface area contributed by atoms with Gasteiger partial charge in [0.2, 0.25) is 0 Å². The summed E-state index contributed by atoms with van der Waals surface area (Å²) in [7, 11) is 2.07. The Kier molecular flexibility index (Phi) is 4.21. The van der Waals surface area contributed by atoms with E-state index in [0.717, 1.165) is 25.9 Å². The summed E-state index contributed by atoms with van der Waals surface area (Å²) in [6, 6.07) is 4.03. The number of likely N-dealkylation sites (tertiary alicyclic amines) is 1. The van der Waals surface area contributed by atoms with Gasteiger partial charge in [-0.15, -0.1) is 0 Å².